The van der Waals surface area contributed by atoms with Gasteiger partial charge in [0.05, 0.1) is 17.0 Å². The Morgan fingerprint density at radius 1 is 1.00 bits per heavy atom. The van der Waals surface area contributed by atoms with E-state index in [-0.39, 0.29) is 17.1 Å². The predicted octanol–water partition coefficient (Wildman–Crippen LogP) is 4.51. The quantitative estimate of drug-likeness (QED) is 0.496. The summed E-state index contributed by atoms with van der Waals surface area (Å²) in [5.41, 5.74) is 4.52. The fraction of sp³-hybridized carbons (Fsp3) is 0.200. The van der Waals surface area contributed by atoms with E-state index in [1.54, 1.807) is 18.5 Å². The Kier molecular flexibility index (Phi) is 4.43. The molecule has 0 N–H and O–H groups in total. The standard InChI is InChI=1S/C25H21N3O3/c1-4-16-6-8-17(9-7-16)21-20-22(29)18-12-14(2)15(3)13-19(18)31-23(20)24(30)28(21)25-26-10-5-11-27-25/h5-13,21H,4H2,1-3H3. The molecule has 4 aromatic rings. The number of aryl methyl sites for hydroxylation is 3. The fourth-order valence-corrected chi connectivity index (χ4v) is 4.10. The lowest BCUT2D eigenvalue weighted by Gasteiger charge is -2.23. The SMILES string of the molecule is CCc1ccc(C2c3c(oc4cc(C)c(C)cc4c3=O)C(=O)N2c2ncccn2)cc1. The summed E-state index contributed by atoms with van der Waals surface area (Å²) < 4.78 is 6.03. The zero-order valence-electron chi connectivity index (χ0n) is 17.5. The highest BCUT2D eigenvalue weighted by Gasteiger charge is 2.44. The first-order valence-corrected chi connectivity index (χ1v) is 10.3. The molecule has 0 saturated carbocycles. The number of hydrogen-bond donors (Lipinski definition) is 0. The minimum atomic E-state index is -0.655. The van der Waals surface area contributed by atoms with Crippen LogP contribution >= 0.6 is 0 Å². The number of amides is 1. The van der Waals surface area contributed by atoms with Crippen LogP contribution in [0.15, 0.2) is 64.1 Å². The van der Waals surface area contributed by atoms with Crippen LogP contribution in [0, 0.1) is 13.8 Å². The number of hydrogen-bond acceptors (Lipinski definition) is 5. The monoisotopic (exact) mass is 411 g/mol. The summed E-state index contributed by atoms with van der Waals surface area (Å²) in [4.78, 5) is 37.1. The minimum absolute atomic E-state index is 0.0535. The van der Waals surface area contributed by atoms with E-state index in [2.05, 4.69) is 16.9 Å². The first-order valence-electron chi connectivity index (χ1n) is 10.3. The molecule has 1 atom stereocenters. The van der Waals surface area contributed by atoms with Crippen LogP contribution in [-0.4, -0.2) is 15.9 Å². The maximum Gasteiger partial charge on any atom is 0.297 e. The van der Waals surface area contributed by atoms with Crippen LogP contribution in [0.3, 0.4) is 0 Å². The van der Waals surface area contributed by atoms with Gasteiger partial charge in [0.2, 0.25) is 11.7 Å². The second-order valence-corrected chi connectivity index (χ2v) is 7.83. The molecule has 6 nitrogen and oxygen atoms in total. The first kappa shape index (κ1) is 19.2. The molecule has 1 aliphatic heterocycles. The minimum Gasteiger partial charge on any atom is -0.450 e. The van der Waals surface area contributed by atoms with Crippen LogP contribution in [0.2, 0.25) is 0 Å². The van der Waals surface area contributed by atoms with Gasteiger partial charge in [-0.25, -0.2) is 9.97 Å². The van der Waals surface area contributed by atoms with Crippen molar-refractivity contribution in [2.24, 2.45) is 0 Å². The van der Waals surface area contributed by atoms with Crippen molar-refractivity contribution in [2.75, 3.05) is 4.90 Å². The van der Waals surface area contributed by atoms with Crippen LogP contribution in [-0.2, 0) is 6.42 Å². The van der Waals surface area contributed by atoms with Crippen LogP contribution in [0.5, 0.6) is 0 Å². The van der Waals surface area contributed by atoms with Crippen molar-refractivity contribution in [3.8, 4) is 0 Å². The number of carbonyl (C=O) groups is 1. The van der Waals surface area contributed by atoms with Gasteiger partial charge in [-0.1, -0.05) is 31.2 Å². The summed E-state index contributed by atoms with van der Waals surface area (Å²) in [6.45, 7) is 5.99. The summed E-state index contributed by atoms with van der Waals surface area (Å²) in [6, 6.07) is 12.6. The Morgan fingerprint density at radius 2 is 1.68 bits per heavy atom. The maximum absolute atomic E-state index is 13.6. The number of nitrogens with zero attached hydrogens (tertiary/aromatic N) is 3. The van der Waals surface area contributed by atoms with E-state index in [1.807, 2.05) is 50.2 Å². The lowest BCUT2D eigenvalue weighted by atomic mass is 9.96. The Hall–Kier alpha value is -3.80. The smallest absolute Gasteiger partial charge is 0.297 e. The van der Waals surface area contributed by atoms with Crippen LogP contribution in [0.4, 0.5) is 5.95 Å². The van der Waals surface area contributed by atoms with Gasteiger partial charge in [0.15, 0.2) is 5.43 Å². The summed E-state index contributed by atoms with van der Waals surface area (Å²) in [5.74, 6) is -0.125. The number of benzene rings is 2. The van der Waals surface area contributed by atoms with E-state index in [0.717, 1.165) is 23.1 Å². The molecule has 1 amide bonds. The molecule has 2 aromatic heterocycles. The Balaban J connectivity index is 1.81. The van der Waals surface area contributed by atoms with E-state index in [4.69, 9.17) is 4.42 Å². The average Bonchev–Trinajstić information content (AvgIpc) is 3.08. The largest absolute Gasteiger partial charge is 0.450 e. The van der Waals surface area contributed by atoms with Gasteiger partial charge in [-0.3, -0.25) is 14.5 Å². The van der Waals surface area contributed by atoms with Crippen molar-refractivity contribution in [1.82, 2.24) is 9.97 Å². The second kappa shape index (κ2) is 7.16. The van der Waals surface area contributed by atoms with Gasteiger partial charge in [0.1, 0.15) is 5.58 Å². The maximum atomic E-state index is 13.6. The lowest BCUT2D eigenvalue weighted by molar-refractivity contribution is 0.0969. The van der Waals surface area contributed by atoms with E-state index < -0.39 is 11.9 Å². The molecular weight excluding hydrogens is 390 g/mol. The molecule has 0 fully saturated rings. The van der Waals surface area contributed by atoms with Crippen molar-refractivity contribution >= 4 is 22.8 Å². The van der Waals surface area contributed by atoms with Gasteiger partial charge in [-0.15, -0.1) is 0 Å². The fourth-order valence-electron chi connectivity index (χ4n) is 4.10. The topological polar surface area (TPSA) is 76.3 Å². The van der Waals surface area contributed by atoms with E-state index >= 15 is 0 Å². The third-order valence-electron chi connectivity index (χ3n) is 5.96. The number of fused-ring (bicyclic) bond motifs is 2. The highest BCUT2D eigenvalue weighted by molar-refractivity contribution is 6.09. The third kappa shape index (κ3) is 2.94. The molecule has 31 heavy (non-hydrogen) atoms. The number of rotatable bonds is 3. The summed E-state index contributed by atoms with van der Waals surface area (Å²) >= 11 is 0. The molecule has 6 heteroatoms. The van der Waals surface area contributed by atoms with Crippen molar-refractivity contribution in [2.45, 2.75) is 33.2 Å². The summed E-state index contributed by atoms with van der Waals surface area (Å²) in [6.07, 6.45) is 4.06. The molecule has 3 heterocycles. The predicted molar refractivity (Wildman–Crippen MR) is 118 cm³/mol. The van der Waals surface area contributed by atoms with Gasteiger partial charge < -0.3 is 4.42 Å². The van der Waals surface area contributed by atoms with Gasteiger partial charge in [0.25, 0.3) is 5.91 Å². The Morgan fingerprint density at radius 3 is 2.35 bits per heavy atom. The first-order chi connectivity index (χ1) is 15.0. The number of carbonyl (C=O) groups excluding carboxylic acids is 1. The van der Waals surface area contributed by atoms with Crippen molar-refractivity contribution < 1.29 is 9.21 Å². The van der Waals surface area contributed by atoms with Crippen LogP contribution in [0.25, 0.3) is 11.0 Å². The summed E-state index contributed by atoms with van der Waals surface area (Å²) in [5, 5.41) is 0.473. The normalized spacial score (nSPS) is 15.5. The van der Waals surface area contributed by atoms with E-state index in [9.17, 15) is 9.59 Å². The molecule has 0 radical (unpaired) electrons. The molecule has 0 spiro atoms. The molecule has 2 aromatic carbocycles. The molecule has 0 saturated heterocycles. The number of aromatic nitrogens is 2. The van der Waals surface area contributed by atoms with Crippen LogP contribution < -0.4 is 10.3 Å². The zero-order chi connectivity index (χ0) is 21.7. The second-order valence-electron chi connectivity index (χ2n) is 7.83. The Bertz CT molecular complexity index is 1380. The van der Waals surface area contributed by atoms with Gasteiger partial charge in [-0.2, -0.15) is 0 Å². The molecule has 1 aliphatic rings. The zero-order valence-corrected chi connectivity index (χ0v) is 17.5. The Labute approximate surface area is 179 Å². The average molecular weight is 411 g/mol. The molecular formula is C25H21N3O3. The highest BCUT2D eigenvalue weighted by atomic mass is 16.3. The molecule has 0 bridgehead atoms. The number of anilines is 1. The third-order valence-corrected chi connectivity index (χ3v) is 5.96. The van der Waals surface area contributed by atoms with Crippen LogP contribution in [0.1, 0.15) is 51.3 Å². The molecule has 154 valence electrons. The molecule has 0 aliphatic carbocycles. The van der Waals surface area contributed by atoms with Crippen molar-refractivity contribution in [3.63, 3.8) is 0 Å². The van der Waals surface area contributed by atoms with E-state index in [1.165, 1.54) is 10.5 Å². The summed E-state index contributed by atoms with van der Waals surface area (Å²) in [7, 11) is 0. The van der Waals surface area contributed by atoms with Gasteiger partial charge in [0, 0.05) is 12.4 Å². The lowest BCUT2D eigenvalue weighted by Crippen LogP contribution is -2.31. The van der Waals surface area contributed by atoms with Gasteiger partial charge >= 0.3 is 0 Å². The highest BCUT2D eigenvalue weighted by Crippen LogP contribution is 2.40. The van der Waals surface area contributed by atoms with Gasteiger partial charge in [-0.05, 0) is 60.7 Å². The molecule has 5 rings (SSSR count). The van der Waals surface area contributed by atoms with E-state index in [0.29, 0.717) is 16.5 Å². The van der Waals surface area contributed by atoms with Crippen molar-refractivity contribution in [3.05, 3.63) is 98.7 Å². The van der Waals surface area contributed by atoms with Crippen molar-refractivity contribution in [1.29, 1.82) is 0 Å². The molecule has 1 unspecified atom stereocenters.